The van der Waals surface area contributed by atoms with Gasteiger partial charge in [-0.25, -0.2) is 0 Å². The van der Waals surface area contributed by atoms with Crippen LogP contribution in [0.4, 0.5) is 0 Å². The van der Waals surface area contributed by atoms with Crippen molar-refractivity contribution in [2.24, 2.45) is 5.73 Å². The predicted molar refractivity (Wildman–Crippen MR) is 62.5 cm³/mol. The molecule has 0 fully saturated rings. The minimum absolute atomic E-state index is 0.133. The van der Waals surface area contributed by atoms with Gasteiger partial charge in [0.05, 0.1) is 19.1 Å². The van der Waals surface area contributed by atoms with Crippen molar-refractivity contribution in [1.82, 2.24) is 0 Å². The van der Waals surface area contributed by atoms with Crippen LogP contribution in [0.2, 0.25) is 0 Å². The van der Waals surface area contributed by atoms with E-state index in [-0.39, 0.29) is 12.4 Å². The van der Waals surface area contributed by atoms with E-state index >= 15 is 0 Å². The Bertz CT molecular complexity index is 389. The van der Waals surface area contributed by atoms with Crippen LogP contribution >= 0.6 is 0 Å². The van der Waals surface area contributed by atoms with Gasteiger partial charge < -0.3 is 10.5 Å². The molecule has 0 aliphatic carbocycles. The predicted octanol–water partition coefficient (Wildman–Crippen LogP) is 1.32. The van der Waals surface area contributed by atoms with Crippen LogP contribution in [0.5, 0.6) is 0 Å². The molecule has 0 bridgehead atoms. The smallest absolute Gasteiger partial charge is 0.308 e. The molecule has 0 radical (unpaired) electrons. The van der Waals surface area contributed by atoms with E-state index in [1.54, 1.807) is 6.92 Å². The lowest BCUT2D eigenvalue weighted by Crippen LogP contribution is -2.23. The van der Waals surface area contributed by atoms with Crippen molar-refractivity contribution in [3.8, 4) is 11.8 Å². The van der Waals surface area contributed by atoms with Gasteiger partial charge in [0.15, 0.2) is 0 Å². The zero-order chi connectivity index (χ0) is 11.8. The maximum absolute atomic E-state index is 11.1. The summed E-state index contributed by atoms with van der Waals surface area (Å²) in [4.78, 5) is 11.1. The number of hydrogen-bond acceptors (Lipinski definition) is 3. The van der Waals surface area contributed by atoms with Crippen LogP contribution < -0.4 is 5.73 Å². The third-order valence-corrected chi connectivity index (χ3v) is 1.87. The van der Waals surface area contributed by atoms with Gasteiger partial charge in [0.25, 0.3) is 0 Å². The van der Waals surface area contributed by atoms with Gasteiger partial charge in [-0.15, -0.1) is 0 Å². The second-order valence-corrected chi connectivity index (χ2v) is 3.25. The molecule has 2 N–H and O–H groups in total. The van der Waals surface area contributed by atoms with Crippen molar-refractivity contribution in [1.29, 1.82) is 0 Å². The van der Waals surface area contributed by atoms with Gasteiger partial charge in [0, 0.05) is 5.56 Å². The van der Waals surface area contributed by atoms with Gasteiger partial charge in [-0.1, -0.05) is 30.0 Å². The molecule has 0 saturated carbocycles. The van der Waals surface area contributed by atoms with Crippen LogP contribution in [0.3, 0.4) is 0 Å². The monoisotopic (exact) mass is 217 g/mol. The third kappa shape index (κ3) is 4.63. The van der Waals surface area contributed by atoms with Gasteiger partial charge in [-0.2, -0.15) is 0 Å². The Kier molecular flexibility index (Phi) is 5.10. The Morgan fingerprint density at radius 3 is 2.75 bits per heavy atom. The van der Waals surface area contributed by atoms with Crippen molar-refractivity contribution >= 4 is 5.97 Å². The molecule has 0 amide bonds. The van der Waals surface area contributed by atoms with Gasteiger partial charge in [-0.3, -0.25) is 4.79 Å². The summed E-state index contributed by atoms with van der Waals surface area (Å²) in [5.74, 6) is 5.42. The van der Waals surface area contributed by atoms with E-state index in [2.05, 4.69) is 11.8 Å². The molecule has 0 aliphatic heterocycles. The minimum atomic E-state index is -0.473. The van der Waals surface area contributed by atoms with Crippen molar-refractivity contribution < 1.29 is 9.53 Å². The lowest BCUT2D eigenvalue weighted by atomic mass is 10.2. The minimum Gasteiger partial charge on any atom is -0.466 e. The van der Waals surface area contributed by atoms with Crippen LogP contribution in [0.25, 0.3) is 0 Å². The molecule has 0 unspecified atom stereocenters. The van der Waals surface area contributed by atoms with Gasteiger partial charge in [0.1, 0.15) is 0 Å². The van der Waals surface area contributed by atoms with Crippen LogP contribution in [0.1, 0.15) is 18.9 Å². The number of ether oxygens (including phenoxy) is 1. The van der Waals surface area contributed by atoms with Crippen LogP contribution in [0.15, 0.2) is 30.3 Å². The molecular formula is C13H15NO2. The second-order valence-electron chi connectivity index (χ2n) is 3.25. The molecule has 1 rings (SSSR count). The van der Waals surface area contributed by atoms with Crippen LogP contribution in [-0.4, -0.2) is 18.6 Å². The first-order valence-electron chi connectivity index (χ1n) is 5.20. The molecule has 1 aromatic carbocycles. The van der Waals surface area contributed by atoms with E-state index in [1.165, 1.54) is 0 Å². The molecule has 16 heavy (non-hydrogen) atoms. The lowest BCUT2D eigenvalue weighted by Gasteiger charge is -2.03. The fourth-order valence-corrected chi connectivity index (χ4v) is 1.15. The van der Waals surface area contributed by atoms with Gasteiger partial charge >= 0.3 is 5.97 Å². The summed E-state index contributed by atoms with van der Waals surface area (Å²) >= 11 is 0. The van der Waals surface area contributed by atoms with E-state index < -0.39 is 6.04 Å². The molecule has 0 aliphatic rings. The average molecular weight is 217 g/mol. The Morgan fingerprint density at radius 2 is 2.12 bits per heavy atom. The van der Waals surface area contributed by atoms with E-state index in [0.717, 1.165) is 5.56 Å². The number of rotatable bonds is 3. The number of hydrogen-bond donors (Lipinski definition) is 1. The summed E-state index contributed by atoms with van der Waals surface area (Å²) < 4.78 is 4.78. The molecule has 0 saturated heterocycles. The summed E-state index contributed by atoms with van der Waals surface area (Å²) in [6, 6.07) is 9.04. The van der Waals surface area contributed by atoms with E-state index in [9.17, 15) is 4.79 Å². The summed E-state index contributed by atoms with van der Waals surface area (Å²) in [6.07, 6.45) is 0.133. The third-order valence-electron chi connectivity index (χ3n) is 1.87. The summed E-state index contributed by atoms with van der Waals surface area (Å²) in [5, 5.41) is 0. The molecule has 0 heterocycles. The number of benzene rings is 1. The van der Waals surface area contributed by atoms with Gasteiger partial charge in [-0.05, 0) is 19.1 Å². The zero-order valence-corrected chi connectivity index (χ0v) is 9.27. The van der Waals surface area contributed by atoms with Gasteiger partial charge in [0.2, 0.25) is 0 Å². The summed E-state index contributed by atoms with van der Waals surface area (Å²) in [5.41, 5.74) is 6.57. The molecular weight excluding hydrogens is 202 g/mol. The van der Waals surface area contributed by atoms with Crippen LogP contribution in [0, 0.1) is 11.8 Å². The Hall–Kier alpha value is -1.79. The van der Waals surface area contributed by atoms with Crippen molar-refractivity contribution in [3.63, 3.8) is 0 Å². The Labute approximate surface area is 95.6 Å². The van der Waals surface area contributed by atoms with Crippen LogP contribution in [-0.2, 0) is 9.53 Å². The molecule has 0 aromatic heterocycles. The second kappa shape index (κ2) is 6.65. The Morgan fingerprint density at radius 1 is 1.44 bits per heavy atom. The fraction of sp³-hybridized carbons (Fsp3) is 0.308. The lowest BCUT2D eigenvalue weighted by molar-refractivity contribution is -0.143. The van der Waals surface area contributed by atoms with E-state index in [1.807, 2.05) is 30.3 Å². The Balaban J connectivity index is 2.49. The standard InChI is InChI=1S/C13H15NO2/c1-2-16-13(15)10-12(14)9-8-11-6-4-3-5-7-11/h3-7,12H,2,10,14H2,1H3/t12-/m0/s1. The number of esters is 1. The maximum atomic E-state index is 11.1. The summed E-state index contributed by atoms with van der Waals surface area (Å²) in [7, 11) is 0. The topological polar surface area (TPSA) is 52.3 Å². The molecule has 1 aromatic rings. The first kappa shape index (κ1) is 12.3. The highest BCUT2D eigenvalue weighted by atomic mass is 16.5. The molecule has 0 spiro atoms. The summed E-state index contributed by atoms with van der Waals surface area (Å²) in [6.45, 7) is 2.14. The van der Waals surface area contributed by atoms with Crippen molar-refractivity contribution in [3.05, 3.63) is 35.9 Å². The number of carbonyl (C=O) groups is 1. The highest BCUT2D eigenvalue weighted by molar-refractivity contribution is 5.70. The molecule has 84 valence electrons. The highest BCUT2D eigenvalue weighted by Gasteiger charge is 2.06. The zero-order valence-electron chi connectivity index (χ0n) is 9.27. The molecule has 3 heteroatoms. The quantitative estimate of drug-likeness (QED) is 0.613. The maximum Gasteiger partial charge on any atom is 0.308 e. The number of carbonyl (C=O) groups excluding carboxylic acids is 1. The normalized spacial score (nSPS) is 11.1. The SMILES string of the molecule is CCOC(=O)C[C@@H](N)C#Cc1ccccc1. The largest absolute Gasteiger partial charge is 0.466 e. The fourth-order valence-electron chi connectivity index (χ4n) is 1.15. The average Bonchev–Trinajstić information content (AvgIpc) is 2.28. The first-order chi connectivity index (χ1) is 7.72. The first-order valence-corrected chi connectivity index (χ1v) is 5.20. The highest BCUT2D eigenvalue weighted by Crippen LogP contribution is 1.96. The van der Waals surface area contributed by atoms with Crippen molar-refractivity contribution in [2.45, 2.75) is 19.4 Å². The molecule has 1 atom stereocenters. The number of nitrogens with two attached hydrogens (primary N) is 1. The van der Waals surface area contributed by atoms with Crippen molar-refractivity contribution in [2.75, 3.05) is 6.61 Å². The molecule has 3 nitrogen and oxygen atoms in total. The van der Waals surface area contributed by atoms with E-state index in [4.69, 9.17) is 10.5 Å². The van der Waals surface area contributed by atoms with E-state index in [0.29, 0.717) is 6.61 Å².